The fourth-order valence-corrected chi connectivity index (χ4v) is 2.54. The van der Waals surface area contributed by atoms with E-state index in [2.05, 4.69) is 18.7 Å². The van der Waals surface area contributed by atoms with Gasteiger partial charge in [-0.25, -0.2) is 0 Å². The van der Waals surface area contributed by atoms with Crippen molar-refractivity contribution in [3.63, 3.8) is 0 Å². The Kier molecular flexibility index (Phi) is 5.01. The highest BCUT2D eigenvalue weighted by atomic mass is 16.5. The summed E-state index contributed by atoms with van der Waals surface area (Å²) in [7, 11) is 1.63. The van der Waals surface area contributed by atoms with E-state index >= 15 is 0 Å². The van der Waals surface area contributed by atoms with Crippen molar-refractivity contribution >= 4 is 5.91 Å². The van der Waals surface area contributed by atoms with E-state index in [9.17, 15) is 4.79 Å². The normalized spacial score (nSPS) is 17.9. The monoisotopic (exact) mass is 276 g/mol. The van der Waals surface area contributed by atoms with Crippen molar-refractivity contribution in [1.82, 2.24) is 9.80 Å². The van der Waals surface area contributed by atoms with Gasteiger partial charge in [0.25, 0.3) is 5.91 Å². The lowest BCUT2D eigenvalue weighted by atomic mass is 10.1. The molecule has 0 unspecified atom stereocenters. The van der Waals surface area contributed by atoms with Gasteiger partial charge in [0.1, 0.15) is 5.75 Å². The average molecular weight is 276 g/mol. The Morgan fingerprint density at radius 1 is 1.20 bits per heavy atom. The third-order valence-corrected chi connectivity index (χ3v) is 4.15. The number of carbonyl (C=O) groups excluding carboxylic acids is 1. The van der Waals surface area contributed by atoms with E-state index in [0.29, 0.717) is 6.04 Å². The second-order valence-electron chi connectivity index (χ2n) is 5.31. The zero-order valence-corrected chi connectivity index (χ0v) is 12.6. The van der Waals surface area contributed by atoms with Crippen molar-refractivity contribution in [3.05, 3.63) is 29.8 Å². The van der Waals surface area contributed by atoms with Gasteiger partial charge in [-0.3, -0.25) is 9.69 Å². The number of hydrogen-bond donors (Lipinski definition) is 0. The van der Waals surface area contributed by atoms with E-state index in [-0.39, 0.29) is 5.91 Å². The average Bonchev–Trinajstić information content (AvgIpc) is 2.53. The smallest absolute Gasteiger partial charge is 0.253 e. The quantitative estimate of drug-likeness (QED) is 0.845. The summed E-state index contributed by atoms with van der Waals surface area (Å²) >= 11 is 0. The number of rotatable bonds is 4. The molecule has 4 nitrogen and oxygen atoms in total. The van der Waals surface area contributed by atoms with Gasteiger partial charge in [0.2, 0.25) is 0 Å². The lowest BCUT2D eigenvalue weighted by molar-refractivity contribution is 0.0579. The van der Waals surface area contributed by atoms with E-state index in [4.69, 9.17) is 4.74 Å². The summed E-state index contributed by atoms with van der Waals surface area (Å²) in [5.41, 5.74) is 0.739. The Morgan fingerprint density at radius 2 is 1.80 bits per heavy atom. The molecule has 0 radical (unpaired) electrons. The zero-order valence-electron chi connectivity index (χ0n) is 12.6. The molecule has 20 heavy (non-hydrogen) atoms. The molecule has 4 heteroatoms. The van der Waals surface area contributed by atoms with Crippen LogP contribution in [0.3, 0.4) is 0 Å². The minimum Gasteiger partial charge on any atom is -0.497 e. The van der Waals surface area contributed by atoms with Crippen LogP contribution in [0.4, 0.5) is 0 Å². The Morgan fingerprint density at radius 3 is 2.30 bits per heavy atom. The van der Waals surface area contributed by atoms with E-state index in [1.165, 1.54) is 0 Å². The van der Waals surface area contributed by atoms with Crippen molar-refractivity contribution in [2.45, 2.75) is 26.3 Å². The van der Waals surface area contributed by atoms with Gasteiger partial charge in [-0.2, -0.15) is 0 Å². The summed E-state index contributed by atoms with van der Waals surface area (Å²) in [6.45, 7) is 8.03. The first-order valence-electron chi connectivity index (χ1n) is 7.33. The second-order valence-corrected chi connectivity index (χ2v) is 5.31. The van der Waals surface area contributed by atoms with Crippen LogP contribution in [0.15, 0.2) is 24.3 Å². The van der Waals surface area contributed by atoms with Gasteiger partial charge < -0.3 is 9.64 Å². The molecule has 0 N–H and O–H groups in total. The molecule has 1 amide bonds. The lowest BCUT2D eigenvalue weighted by Crippen LogP contribution is -2.51. The maximum absolute atomic E-state index is 12.4. The largest absolute Gasteiger partial charge is 0.497 e. The molecule has 1 heterocycles. The van der Waals surface area contributed by atoms with Gasteiger partial charge in [0.15, 0.2) is 0 Å². The highest BCUT2D eigenvalue weighted by molar-refractivity contribution is 5.94. The topological polar surface area (TPSA) is 32.8 Å². The van der Waals surface area contributed by atoms with E-state index in [1.54, 1.807) is 7.11 Å². The van der Waals surface area contributed by atoms with E-state index in [0.717, 1.165) is 43.9 Å². The summed E-state index contributed by atoms with van der Waals surface area (Å²) in [6.07, 6.45) is 1.16. The molecule has 0 saturated carbocycles. The first-order chi connectivity index (χ1) is 9.65. The van der Waals surface area contributed by atoms with Crippen molar-refractivity contribution in [2.24, 2.45) is 0 Å². The molecule has 1 fully saturated rings. The summed E-state index contributed by atoms with van der Waals surface area (Å²) < 4.78 is 5.12. The van der Waals surface area contributed by atoms with Crippen molar-refractivity contribution in [1.29, 1.82) is 0 Å². The van der Waals surface area contributed by atoms with E-state index < -0.39 is 0 Å². The van der Waals surface area contributed by atoms with Crippen LogP contribution in [0, 0.1) is 0 Å². The molecule has 0 spiro atoms. The van der Waals surface area contributed by atoms with Gasteiger partial charge in [0, 0.05) is 37.8 Å². The van der Waals surface area contributed by atoms with Gasteiger partial charge in [0.05, 0.1) is 7.11 Å². The number of benzene rings is 1. The zero-order chi connectivity index (χ0) is 14.5. The predicted molar refractivity (Wildman–Crippen MR) is 80.2 cm³/mol. The summed E-state index contributed by atoms with van der Waals surface area (Å²) in [6, 6.07) is 7.95. The number of hydrogen-bond acceptors (Lipinski definition) is 3. The molecule has 2 rings (SSSR count). The van der Waals surface area contributed by atoms with Crippen LogP contribution in [-0.2, 0) is 0 Å². The minimum absolute atomic E-state index is 0.122. The van der Waals surface area contributed by atoms with Crippen LogP contribution < -0.4 is 4.74 Å². The number of piperazine rings is 1. The van der Waals surface area contributed by atoms with Crippen LogP contribution in [0.2, 0.25) is 0 Å². The van der Waals surface area contributed by atoms with Crippen molar-refractivity contribution < 1.29 is 9.53 Å². The lowest BCUT2D eigenvalue weighted by Gasteiger charge is -2.37. The Hall–Kier alpha value is -1.55. The van der Waals surface area contributed by atoms with E-state index in [1.807, 2.05) is 29.2 Å². The molecular formula is C16H24N2O2. The molecule has 110 valence electrons. The number of ether oxygens (including phenoxy) is 1. The van der Waals surface area contributed by atoms with Crippen molar-refractivity contribution in [2.75, 3.05) is 33.3 Å². The van der Waals surface area contributed by atoms with Crippen LogP contribution in [0.25, 0.3) is 0 Å². The molecule has 1 aliphatic rings. The van der Waals surface area contributed by atoms with Crippen LogP contribution in [0.5, 0.6) is 5.75 Å². The molecule has 1 atom stereocenters. The fourth-order valence-electron chi connectivity index (χ4n) is 2.54. The summed E-state index contributed by atoms with van der Waals surface area (Å²) in [4.78, 5) is 16.8. The van der Waals surface area contributed by atoms with Gasteiger partial charge in [-0.05, 0) is 37.6 Å². The summed E-state index contributed by atoms with van der Waals surface area (Å²) in [5, 5.41) is 0. The maximum atomic E-state index is 12.4. The van der Waals surface area contributed by atoms with Crippen LogP contribution in [0.1, 0.15) is 30.6 Å². The van der Waals surface area contributed by atoms with Gasteiger partial charge in [-0.15, -0.1) is 0 Å². The standard InChI is InChI=1S/C16H24N2O2/c1-4-13(2)17-9-11-18(12-10-17)16(19)14-5-7-15(20-3)8-6-14/h5-8,13H,4,9-12H2,1-3H3/t13-/m1/s1. The molecule has 1 aromatic rings. The highest BCUT2D eigenvalue weighted by Crippen LogP contribution is 2.15. The van der Waals surface area contributed by atoms with Crippen LogP contribution in [-0.4, -0.2) is 55.0 Å². The molecule has 1 aliphatic heterocycles. The predicted octanol–water partition coefficient (Wildman–Crippen LogP) is 2.25. The number of nitrogens with zero attached hydrogens (tertiary/aromatic N) is 2. The highest BCUT2D eigenvalue weighted by Gasteiger charge is 2.23. The molecule has 0 aromatic heterocycles. The first kappa shape index (κ1) is 14.9. The molecule has 1 saturated heterocycles. The number of methoxy groups -OCH3 is 1. The third-order valence-electron chi connectivity index (χ3n) is 4.15. The molecule has 0 bridgehead atoms. The fraction of sp³-hybridized carbons (Fsp3) is 0.562. The minimum atomic E-state index is 0.122. The Balaban J connectivity index is 1.94. The van der Waals surface area contributed by atoms with Gasteiger partial charge >= 0.3 is 0 Å². The molecule has 0 aliphatic carbocycles. The van der Waals surface area contributed by atoms with Gasteiger partial charge in [-0.1, -0.05) is 6.92 Å². The molecule has 1 aromatic carbocycles. The van der Waals surface area contributed by atoms with Crippen molar-refractivity contribution in [3.8, 4) is 5.75 Å². The van der Waals surface area contributed by atoms with Crippen LogP contribution >= 0.6 is 0 Å². The molecular weight excluding hydrogens is 252 g/mol. The Labute approximate surface area is 121 Å². The maximum Gasteiger partial charge on any atom is 0.253 e. The Bertz CT molecular complexity index is 436. The number of amides is 1. The second kappa shape index (κ2) is 6.75. The first-order valence-corrected chi connectivity index (χ1v) is 7.33. The third kappa shape index (κ3) is 3.31. The number of carbonyl (C=O) groups is 1. The SMILES string of the molecule is CC[C@@H](C)N1CCN(C(=O)c2ccc(OC)cc2)CC1. The summed E-state index contributed by atoms with van der Waals surface area (Å²) in [5.74, 6) is 0.902.